The highest BCUT2D eigenvalue weighted by Gasteiger charge is 2.08. The Labute approximate surface area is 118 Å². The first-order chi connectivity index (χ1) is 8.70. The van der Waals surface area contributed by atoms with Crippen LogP contribution in [0.25, 0.3) is 0 Å². The predicted molar refractivity (Wildman–Crippen MR) is 79.6 cm³/mol. The van der Waals surface area contributed by atoms with Crippen molar-refractivity contribution >= 4 is 28.9 Å². The predicted octanol–water partition coefficient (Wildman–Crippen LogP) is 4.72. The van der Waals surface area contributed by atoms with Crippen LogP contribution < -0.4 is 4.90 Å². The van der Waals surface area contributed by atoms with Gasteiger partial charge in [-0.3, -0.25) is 0 Å². The van der Waals surface area contributed by atoms with Gasteiger partial charge in [0.05, 0.1) is 0 Å². The number of halogens is 2. The Kier molecular flexibility index (Phi) is 4.51. The largest absolute Gasteiger partial charge is 0.370 e. The third kappa shape index (κ3) is 3.18. The number of benzene rings is 2. The number of alkyl halides is 1. The van der Waals surface area contributed by atoms with E-state index in [9.17, 15) is 0 Å². The van der Waals surface area contributed by atoms with E-state index >= 15 is 0 Å². The van der Waals surface area contributed by atoms with E-state index in [4.69, 9.17) is 23.2 Å². The van der Waals surface area contributed by atoms with Gasteiger partial charge in [-0.15, -0.1) is 11.6 Å². The number of hydrogen-bond acceptors (Lipinski definition) is 1. The van der Waals surface area contributed by atoms with Gasteiger partial charge in [-0.25, -0.2) is 0 Å². The molecule has 0 spiro atoms. The van der Waals surface area contributed by atoms with Crippen molar-refractivity contribution in [1.82, 2.24) is 0 Å². The second-order valence-electron chi connectivity index (χ2n) is 4.25. The van der Waals surface area contributed by atoms with Crippen LogP contribution in [0, 0.1) is 0 Å². The highest BCUT2D eigenvalue weighted by Crippen LogP contribution is 2.26. The molecule has 18 heavy (non-hydrogen) atoms. The molecule has 0 bridgehead atoms. The molecule has 0 unspecified atom stereocenters. The maximum Gasteiger partial charge on any atom is 0.0494 e. The first kappa shape index (κ1) is 13.3. The lowest BCUT2D eigenvalue weighted by molar-refractivity contribution is 0.916. The summed E-state index contributed by atoms with van der Waals surface area (Å²) in [6.45, 7) is 0.838. The van der Waals surface area contributed by atoms with E-state index in [1.807, 2.05) is 36.4 Å². The normalized spacial score (nSPS) is 10.4. The average Bonchev–Trinajstić information content (AvgIpc) is 2.40. The molecule has 1 nitrogen and oxygen atoms in total. The van der Waals surface area contributed by atoms with Crippen molar-refractivity contribution in [2.75, 3.05) is 11.9 Å². The molecule has 0 fully saturated rings. The maximum absolute atomic E-state index is 6.05. The highest BCUT2D eigenvalue weighted by atomic mass is 35.5. The molecule has 2 aromatic carbocycles. The first-order valence-electron chi connectivity index (χ1n) is 5.80. The third-order valence-corrected chi connectivity index (χ3v) is 3.39. The number of anilines is 1. The van der Waals surface area contributed by atoms with Crippen molar-refractivity contribution < 1.29 is 0 Å². The topological polar surface area (TPSA) is 3.24 Å². The molecule has 0 heterocycles. The Bertz CT molecular complexity index is 511. The van der Waals surface area contributed by atoms with Gasteiger partial charge in [-0.05, 0) is 23.3 Å². The smallest absolute Gasteiger partial charge is 0.0494 e. The summed E-state index contributed by atoms with van der Waals surface area (Å²) in [6, 6.07) is 16.1. The molecule has 0 aliphatic rings. The van der Waals surface area contributed by atoms with Crippen molar-refractivity contribution in [2.45, 2.75) is 12.4 Å². The Morgan fingerprint density at radius 1 is 1.06 bits per heavy atom. The van der Waals surface area contributed by atoms with Crippen molar-refractivity contribution in [3.05, 3.63) is 64.7 Å². The molecule has 0 saturated carbocycles. The molecule has 0 aromatic heterocycles. The minimum absolute atomic E-state index is 0.492. The van der Waals surface area contributed by atoms with E-state index < -0.39 is 0 Å². The Morgan fingerprint density at radius 3 is 2.44 bits per heavy atom. The quantitative estimate of drug-likeness (QED) is 0.733. The standard InChI is InChI=1S/C15H15Cl2N/c1-18(11-12-5-3-2-4-6-12)15-9-14(17)8-7-13(15)10-16/h2-9H,10-11H2,1H3. The zero-order valence-corrected chi connectivity index (χ0v) is 11.7. The summed E-state index contributed by atoms with van der Waals surface area (Å²) in [7, 11) is 2.05. The van der Waals surface area contributed by atoms with Crippen LogP contribution in [0.3, 0.4) is 0 Å². The van der Waals surface area contributed by atoms with Crippen LogP contribution >= 0.6 is 23.2 Å². The van der Waals surface area contributed by atoms with Gasteiger partial charge in [0.15, 0.2) is 0 Å². The van der Waals surface area contributed by atoms with Crippen LogP contribution in [0.5, 0.6) is 0 Å². The Hall–Kier alpha value is -1.18. The van der Waals surface area contributed by atoms with E-state index in [0.717, 1.165) is 22.8 Å². The minimum Gasteiger partial charge on any atom is -0.370 e. The summed E-state index contributed by atoms with van der Waals surface area (Å²) < 4.78 is 0. The fraction of sp³-hybridized carbons (Fsp3) is 0.200. The molecule has 2 aromatic rings. The zero-order chi connectivity index (χ0) is 13.0. The number of nitrogens with zero attached hydrogens (tertiary/aromatic N) is 1. The van der Waals surface area contributed by atoms with Gasteiger partial charge in [0.25, 0.3) is 0 Å². The Morgan fingerprint density at radius 2 is 1.78 bits per heavy atom. The molecular formula is C15H15Cl2N. The summed E-state index contributed by atoms with van der Waals surface area (Å²) in [6.07, 6.45) is 0. The van der Waals surface area contributed by atoms with E-state index in [0.29, 0.717) is 5.88 Å². The molecule has 0 N–H and O–H groups in total. The van der Waals surface area contributed by atoms with E-state index in [-0.39, 0.29) is 0 Å². The van der Waals surface area contributed by atoms with Crippen LogP contribution in [0.1, 0.15) is 11.1 Å². The first-order valence-corrected chi connectivity index (χ1v) is 6.71. The third-order valence-electron chi connectivity index (χ3n) is 2.87. The average molecular weight is 280 g/mol. The van der Waals surface area contributed by atoms with Gasteiger partial charge in [-0.2, -0.15) is 0 Å². The minimum atomic E-state index is 0.492. The SMILES string of the molecule is CN(Cc1ccccc1)c1cc(Cl)ccc1CCl. The fourth-order valence-corrected chi connectivity index (χ4v) is 2.34. The van der Waals surface area contributed by atoms with Gasteiger partial charge in [-0.1, -0.05) is 48.0 Å². The lowest BCUT2D eigenvalue weighted by Gasteiger charge is -2.22. The fourth-order valence-electron chi connectivity index (χ4n) is 1.95. The molecule has 0 aliphatic carbocycles. The molecule has 94 valence electrons. The summed E-state index contributed by atoms with van der Waals surface area (Å²) in [5.74, 6) is 0.492. The van der Waals surface area contributed by atoms with E-state index in [1.165, 1.54) is 5.56 Å². The molecule has 2 rings (SSSR count). The molecule has 0 saturated heterocycles. The van der Waals surface area contributed by atoms with Gasteiger partial charge in [0, 0.05) is 30.2 Å². The second kappa shape index (κ2) is 6.12. The molecule has 0 atom stereocenters. The van der Waals surface area contributed by atoms with Crippen LogP contribution in [0.4, 0.5) is 5.69 Å². The maximum atomic E-state index is 6.05. The van der Waals surface area contributed by atoms with Gasteiger partial charge < -0.3 is 4.90 Å². The number of rotatable bonds is 4. The Balaban J connectivity index is 2.23. The van der Waals surface area contributed by atoms with Crippen LogP contribution in [0.15, 0.2) is 48.5 Å². The lowest BCUT2D eigenvalue weighted by atomic mass is 10.1. The summed E-state index contributed by atoms with van der Waals surface area (Å²) in [5.41, 5.74) is 3.45. The molecule has 3 heteroatoms. The van der Waals surface area contributed by atoms with Gasteiger partial charge >= 0.3 is 0 Å². The van der Waals surface area contributed by atoms with Gasteiger partial charge in [0.1, 0.15) is 0 Å². The molecular weight excluding hydrogens is 265 g/mol. The monoisotopic (exact) mass is 279 g/mol. The van der Waals surface area contributed by atoms with Crippen molar-refractivity contribution in [2.24, 2.45) is 0 Å². The van der Waals surface area contributed by atoms with Crippen molar-refractivity contribution in [3.8, 4) is 0 Å². The lowest BCUT2D eigenvalue weighted by Crippen LogP contribution is -2.17. The summed E-state index contributed by atoms with van der Waals surface area (Å²) in [5, 5.41) is 0.735. The molecule has 0 amide bonds. The molecule has 0 radical (unpaired) electrons. The van der Waals surface area contributed by atoms with Crippen LogP contribution in [-0.2, 0) is 12.4 Å². The zero-order valence-electron chi connectivity index (χ0n) is 10.2. The summed E-state index contributed by atoms with van der Waals surface area (Å²) >= 11 is 12.0. The van der Waals surface area contributed by atoms with E-state index in [1.54, 1.807) is 0 Å². The van der Waals surface area contributed by atoms with Crippen molar-refractivity contribution in [1.29, 1.82) is 0 Å². The second-order valence-corrected chi connectivity index (χ2v) is 4.95. The van der Waals surface area contributed by atoms with Crippen LogP contribution in [-0.4, -0.2) is 7.05 Å². The van der Waals surface area contributed by atoms with Crippen molar-refractivity contribution in [3.63, 3.8) is 0 Å². The van der Waals surface area contributed by atoms with E-state index in [2.05, 4.69) is 24.1 Å². The van der Waals surface area contributed by atoms with Gasteiger partial charge in [0.2, 0.25) is 0 Å². The highest BCUT2D eigenvalue weighted by molar-refractivity contribution is 6.31. The summed E-state index contributed by atoms with van der Waals surface area (Å²) in [4.78, 5) is 2.17. The van der Waals surface area contributed by atoms with Crippen LogP contribution in [0.2, 0.25) is 5.02 Å². The number of hydrogen-bond donors (Lipinski definition) is 0. The molecule has 0 aliphatic heterocycles.